The van der Waals surface area contributed by atoms with Gasteiger partial charge in [0.2, 0.25) is 11.7 Å². The highest BCUT2D eigenvalue weighted by Gasteiger charge is 2.21. The predicted octanol–water partition coefficient (Wildman–Crippen LogP) is 2.01. The molecule has 1 fully saturated rings. The first-order chi connectivity index (χ1) is 9.78. The molecular weight excluding hydrogens is 258 g/mol. The number of hydrogen-bond donors (Lipinski definition) is 1. The van der Waals surface area contributed by atoms with Crippen LogP contribution in [-0.2, 0) is 6.54 Å². The normalized spacial score (nSPS) is 14.3. The molecular formula is C14H17N3O3. The Kier molecular flexibility index (Phi) is 3.56. The Balaban J connectivity index is 1.80. The maximum absolute atomic E-state index is 5.24. The van der Waals surface area contributed by atoms with Crippen LogP contribution >= 0.6 is 0 Å². The van der Waals surface area contributed by atoms with Crippen LogP contribution in [-0.4, -0.2) is 30.4 Å². The Morgan fingerprint density at radius 2 is 1.90 bits per heavy atom. The number of rotatable bonds is 6. The van der Waals surface area contributed by atoms with Crippen LogP contribution in [0.4, 0.5) is 0 Å². The van der Waals surface area contributed by atoms with E-state index >= 15 is 0 Å². The van der Waals surface area contributed by atoms with E-state index in [-0.39, 0.29) is 0 Å². The Morgan fingerprint density at radius 3 is 2.50 bits per heavy atom. The molecule has 0 saturated heterocycles. The van der Waals surface area contributed by atoms with Gasteiger partial charge in [0.25, 0.3) is 0 Å². The molecule has 6 heteroatoms. The minimum absolute atomic E-state index is 0.537. The average molecular weight is 275 g/mol. The van der Waals surface area contributed by atoms with Gasteiger partial charge in [-0.1, -0.05) is 5.16 Å². The van der Waals surface area contributed by atoms with Crippen LogP contribution in [0.1, 0.15) is 18.7 Å². The summed E-state index contributed by atoms with van der Waals surface area (Å²) in [7, 11) is 3.22. The zero-order valence-corrected chi connectivity index (χ0v) is 11.5. The van der Waals surface area contributed by atoms with Gasteiger partial charge in [-0.05, 0) is 25.0 Å². The van der Waals surface area contributed by atoms with Gasteiger partial charge < -0.3 is 19.3 Å². The minimum atomic E-state index is 0.537. The maximum Gasteiger partial charge on any atom is 0.240 e. The molecule has 6 nitrogen and oxygen atoms in total. The second-order valence-corrected chi connectivity index (χ2v) is 4.77. The molecule has 1 heterocycles. The number of methoxy groups -OCH3 is 2. The lowest BCUT2D eigenvalue weighted by molar-refractivity contribution is 0.367. The van der Waals surface area contributed by atoms with Gasteiger partial charge in [0.05, 0.1) is 20.8 Å². The largest absolute Gasteiger partial charge is 0.497 e. The van der Waals surface area contributed by atoms with Crippen LogP contribution in [0, 0.1) is 0 Å². The summed E-state index contributed by atoms with van der Waals surface area (Å²) in [6.45, 7) is 0.610. The summed E-state index contributed by atoms with van der Waals surface area (Å²) in [5.41, 5.74) is 0.808. The quantitative estimate of drug-likeness (QED) is 0.869. The third-order valence-corrected chi connectivity index (χ3v) is 3.20. The molecule has 20 heavy (non-hydrogen) atoms. The van der Waals surface area contributed by atoms with Crippen LogP contribution in [0.2, 0.25) is 0 Å². The fraction of sp³-hybridized carbons (Fsp3) is 0.429. The second kappa shape index (κ2) is 5.50. The molecule has 1 saturated carbocycles. The first kappa shape index (κ1) is 12.9. The molecule has 1 aromatic carbocycles. The summed E-state index contributed by atoms with van der Waals surface area (Å²) in [4.78, 5) is 4.38. The molecule has 1 aliphatic carbocycles. The summed E-state index contributed by atoms with van der Waals surface area (Å²) < 4.78 is 15.7. The second-order valence-electron chi connectivity index (χ2n) is 4.77. The molecule has 1 N–H and O–H groups in total. The highest BCUT2D eigenvalue weighted by atomic mass is 16.5. The maximum atomic E-state index is 5.24. The molecule has 0 unspecified atom stereocenters. The van der Waals surface area contributed by atoms with Crippen molar-refractivity contribution < 1.29 is 14.0 Å². The van der Waals surface area contributed by atoms with E-state index < -0.39 is 0 Å². The van der Waals surface area contributed by atoms with E-state index in [9.17, 15) is 0 Å². The van der Waals surface area contributed by atoms with Gasteiger partial charge in [0.1, 0.15) is 11.5 Å². The lowest BCUT2D eigenvalue weighted by Crippen LogP contribution is -2.15. The summed E-state index contributed by atoms with van der Waals surface area (Å²) >= 11 is 0. The van der Waals surface area contributed by atoms with Crippen molar-refractivity contribution in [1.82, 2.24) is 15.5 Å². The molecule has 1 aromatic heterocycles. The van der Waals surface area contributed by atoms with Crippen molar-refractivity contribution in [2.24, 2.45) is 0 Å². The van der Waals surface area contributed by atoms with E-state index in [1.165, 1.54) is 12.8 Å². The molecule has 0 spiro atoms. The molecule has 2 aromatic rings. The SMILES string of the molecule is COc1cc(OC)cc(-c2noc(CNC3CC3)n2)c1. The first-order valence-electron chi connectivity index (χ1n) is 6.58. The molecule has 3 rings (SSSR count). The Hall–Kier alpha value is -2.08. The summed E-state index contributed by atoms with van der Waals surface area (Å²) in [6, 6.07) is 6.12. The Labute approximate surface area is 117 Å². The van der Waals surface area contributed by atoms with Crippen molar-refractivity contribution in [2.75, 3.05) is 14.2 Å². The van der Waals surface area contributed by atoms with E-state index in [0.29, 0.717) is 35.8 Å². The molecule has 0 amide bonds. The number of ether oxygens (including phenoxy) is 2. The summed E-state index contributed by atoms with van der Waals surface area (Å²) in [6.07, 6.45) is 2.46. The average Bonchev–Trinajstić information content (AvgIpc) is 3.20. The van der Waals surface area contributed by atoms with Crippen molar-refractivity contribution in [3.63, 3.8) is 0 Å². The van der Waals surface area contributed by atoms with Gasteiger partial charge in [0.15, 0.2) is 0 Å². The predicted molar refractivity (Wildman–Crippen MR) is 72.7 cm³/mol. The highest BCUT2D eigenvalue weighted by molar-refractivity contribution is 5.60. The highest BCUT2D eigenvalue weighted by Crippen LogP contribution is 2.28. The Bertz CT molecular complexity index is 571. The van der Waals surface area contributed by atoms with Crippen molar-refractivity contribution in [3.05, 3.63) is 24.1 Å². The van der Waals surface area contributed by atoms with Gasteiger partial charge in [-0.15, -0.1) is 0 Å². The lowest BCUT2D eigenvalue weighted by atomic mass is 10.2. The molecule has 0 atom stereocenters. The third-order valence-electron chi connectivity index (χ3n) is 3.20. The van der Waals surface area contributed by atoms with Crippen molar-refractivity contribution >= 4 is 0 Å². The molecule has 1 aliphatic rings. The van der Waals surface area contributed by atoms with Crippen molar-refractivity contribution in [2.45, 2.75) is 25.4 Å². The zero-order chi connectivity index (χ0) is 13.9. The number of hydrogen-bond acceptors (Lipinski definition) is 6. The van der Waals surface area contributed by atoms with Gasteiger partial charge in [-0.2, -0.15) is 4.98 Å². The van der Waals surface area contributed by atoms with Gasteiger partial charge in [-0.3, -0.25) is 0 Å². The van der Waals surface area contributed by atoms with Crippen LogP contribution in [0.25, 0.3) is 11.4 Å². The van der Waals surface area contributed by atoms with E-state index in [0.717, 1.165) is 5.56 Å². The van der Waals surface area contributed by atoms with Crippen molar-refractivity contribution in [1.29, 1.82) is 0 Å². The van der Waals surface area contributed by atoms with Crippen LogP contribution in [0.5, 0.6) is 11.5 Å². The van der Waals surface area contributed by atoms with Gasteiger partial charge in [-0.25, -0.2) is 0 Å². The molecule has 0 radical (unpaired) electrons. The summed E-state index contributed by atoms with van der Waals surface area (Å²) in [5, 5.41) is 7.34. The monoisotopic (exact) mass is 275 g/mol. The molecule has 0 bridgehead atoms. The fourth-order valence-electron chi connectivity index (χ4n) is 1.90. The van der Waals surface area contributed by atoms with Crippen LogP contribution < -0.4 is 14.8 Å². The van der Waals surface area contributed by atoms with E-state index in [2.05, 4.69) is 15.5 Å². The third kappa shape index (κ3) is 2.91. The minimum Gasteiger partial charge on any atom is -0.497 e. The van der Waals surface area contributed by atoms with E-state index in [1.54, 1.807) is 20.3 Å². The number of aromatic nitrogens is 2. The topological polar surface area (TPSA) is 69.4 Å². The van der Waals surface area contributed by atoms with E-state index in [1.807, 2.05) is 12.1 Å². The Morgan fingerprint density at radius 1 is 1.20 bits per heavy atom. The zero-order valence-electron chi connectivity index (χ0n) is 11.5. The first-order valence-corrected chi connectivity index (χ1v) is 6.58. The van der Waals surface area contributed by atoms with Crippen molar-refractivity contribution in [3.8, 4) is 22.9 Å². The van der Waals surface area contributed by atoms with Crippen LogP contribution in [0.3, 0.4) is 0 Å². The number of nitrogens with zero attached hydrogens (tertiary/aromatic N) is 2. The van der Waals surface area contributed by atoms with E-state index in [4.69, 9.17) is 14.0 Å². The van der Waals surface area contributed by atoms with Crippen LogP contribution in [0.15, 0.2) is 22.7 Å². The molecule has 0 aliphatic heterocycles. The summed E-state index contributed by atoms with van der Waals surface area (Å²) in [5.74, 6) is 2.52. The number of benzene rings is 1. The van der Waals surface area contributed by atoms with Gasteiger partial charge in [0, 0.05) is 17.7 Å². The molecule has 106 valence electrons. The standard InChI is InChI=1S/C14H17N3O3/c1-18-11-5-9(6-12(7-11)19-2)14-16-13(20-17-14)8-15-10-3-4-10/h5-7,10,15H,3-4,8H2,1-2H3. The number of nitrogens with one attached hydrogen (secondary N) is 1. The fourth-order valence-corrected chi connectivity index (χ4v) is 1.90. The van der Waals surface area contributed by atoms with Gasteiger partial charge >= 0.3 is 0 Å². The smallest absolute Gasteiger partial charge is 0.240 e. The lowest BCUT2D eigenvalue weighted by Gasteiger charge is -2.05.